The van der Waals surface area contributed by atoms with Crippen LogP contribution in [0, 0.1) is 0 Å². The maximum absolute atomic E-state index is 6.93. The summed E-state index contributed by atoms with van der Waals surface area (Å²) in [6.45, 7) is 2.38. The Hall–Kier alpha value is -6.20. The molecule has 3 heterocycles. The molecule has 254 valence electrons. The molecule has 0 bridgehead atoms. The van der Waals surface area contributed by atoms with E-state index in [1.165, 1.54) is 68.2 Å². The van der Waals surface area contributed by atoms with Crippen LogP contribution in [0.5, 0.6) is 0 Å². The summed E-state index contributed by atoms with van der Waals surface area (Å²) in [5.74, 6) is 0. The molecule has 0 unspecified atom stereocenters. The zero-order valence-corrected chi connectivity index (χ0v) is 31.0. The fraction of sp³-hybridized carbons (Fsp3) is 0.0400. The fourth-order valence-corrected chi connectivity index (χ4v) is 11.4. The first-order valence-corrected chi connectivity index (χ1v) is 20.0. The third-order valence-corrected chi connectivity index (χ3v) is 14.0. The second-order valence-electron chi connectivity index (χ2n) is 14.6. The number of rotatable bonds is 4. The summed E-state index contributed by atoms with van der Waals surface area (Å²) in [6.07, 6.45) is 0. The van der Waals surface area contributed by atoms with E-state index in [-0.39, 0.29) is 5.41 Å². The van der Waals surface area contributed by atoms with Crippen LogP contribution in [-0.4, -0.2) is 0 Å². The van der Waals surface area contributed by atoms with Crippen LogP contribution in [0.4, 0.5) is 17.1 Å². The standard InChI is InChI=1S/C50H31NOS2/c1-50(41-16-6-2-11-33(41)34-12-3-7-17-42(34)50)30-21-26-44-40(27-30)39-15-10-18-43(49(39)52-44)51(31-22-24-37-35-13-4-8-19-45(35)53-47(37)28-31)32-23-25-38-36-14-5-9-20-46(36)54-48(38)29-32/h2-29H,1H3. The van der Waals surface area contributed by atoms with Gasteiger partial charge in [0.15, 0.2) is 5.58 Å². The molecule has 0 amide bonds. The first kappa shape index (κ1) is 30.3. The molecule has 2 nitrogen and oxygen atoms in total. The minimum atomic E-state index is -0.284. The summed E-state index contributed by atoms with van der Waals surface area (Å²) in [6, 6.07) is 62.4. The Bertz CT molecular complexity index is 3170. The maximum Gasteiger partial charge on any atom is 0.159 e. The lowest BCUT2D eigenvalue weighted by atomic mass is 9.74. The van der Waals surface area contributed by atoms with E-state index in [4.69, 9.17) is 4.42 Å². The van der Waals surface area contributed by atoms with Crippen molar-refractivity contribution >= 4 is 102 Å². The van der Waals surface area contributed by atoms with Gasteiger partial charge in [-0.1, -0.05) is 115 Å². The molecule has 0 saturated heterocycles. The van der Waals surface area contributed by atoms with Crippen molar-refractivity contribution in [2.24, 2.45) is 0 Å². The van der Waals surface area contributed by atoms with Gasteiger partial charge in [-0.3, -0.25) is 0 Å². The molecule has 0 saturated carbocycles. The molecule has 0 spiro atoms. The minimum absolute atomic E-state index is 0.284. The average molecular weight is 726 g/mol. The number of hydrogen-bond donors (Lipinski definition) is 0. The van der Waals surface area contributed by atoms with E-state index < -0.39 is 0 Å². The van der Waals surface area contributed by atoms with Crippen molar-refractivity contribution in [3.8, 4) is 11.1 Å². The second kappa shape index (κ2) is 11.2. The maximum atomic E-state index is 6.93. The predicted molar refractivity (Wildman–Crippen MR) is 232 cm³/mol. The van der Waals surface area contributed by atoms with Gasteiger partial charge in [0.1, 0.15) is 5.58 Å². The Morgan fingerprint density at radius 1 is 0.444 bits per heavy atom. The highest BCUT2D eigenvalue weighted by molar-refractivity contribution is 7.26. The largest absolute Gasteiger partial charge is 0.454 e. The predicted octanol–water partition coefficient (Wildman–Crippen LogP) is 15.1. The van der Waals surface area contributed by atoms with Crippen LogP contribution >= 0.6 is 22.7 Å². The molecule has 8 aromatic carbocycles. The molecule has 0 atom stereocenters. The number of furan rings is 1. The highest BCUT2D eigenvalue weighted by atomic mass is 32.1. The Balaban J connectivity index is 1.08. The number of thiophene rings is 2. The minimum Gasteiger partial charge on any atom is -0.454 e. The Morgan fingerprint density at radius 2 is 0.981 bits per heavy atom. The van der Waals surface area contributed by atoms with E-state index in [0.717, 1.165) is 39.0 Å². The van der Waals surface area contributed by atoms with E-state index in [1.54, 1.807) is 0 Å². The topological polar surface area (TPSA) is 16.4 Å². The molecule has 11 aromatic rings. The van der Waals surface area contributed by atoms with E-state index in [1.807, 2.05) is 22.7 Å². The van der Waals surface area contributed by atoms with Crippen LogP contribution in [0.25, 0.3) is 73.4 Å². The Labute approximate surface area is 319 Å². The summed E-state index contributed by atoms with van der Waals surface area (Å²) in [7, 11) is 0. The summed E-state index contributed by atoms with van der Waals surface area (Å²) >= 11 is 3.70. The van der Waals surface area contributed by atoms with Crippen molar-refractivity contribution in [3.05, 3.63) is 187 Å². The lowest BCUT2D eigenvalue weighted by Crippen LogP contribution is -2.22. The quantitative estimate of drug-likeness (QED) is 0.180. The van der Waals surface area contributed by atoms with Gasteiger partial charge in [-0.05, 0) is 89.3 Å². The molecule has 0 aliphatic heterocycles. The zero-order chi connectivity index (χ0) is 35.5. The second-order valence-corrected chi connectivity index (χ2v) is 16.7. The van der Waals surface area contributed by atoms with Crippen LogP contribution in [-0.2, 0) is 5.41 Å². The molecule has 0 fully saturated rings. The molecule has 54 heavy (non-hydrogen) atoms. The third kappa shape index (κ3) is 4.15. The van der Waals surface area contributed by atoms with Gasteiger partial charge in [0.2, 0.25) is 0 Å². The van der Waals surface area contributed by atoms with Gasteiger partial charge in [-0.25, -0.2) is 0 Å². The van der Waals surface area contributed by atoms with Gasteiger partial charge in [0.05, 0.1) is 5.69 Å². The highest BCUT2D eigenvalue weighted by Gasteiger charge is 2.40. The average Bonchev–Trinajstić information content (AvgIpc) is 3.96. The summed E-state index contributed by atoms with van der Waals surface area (Å²) < 4.78 is 12.1. The molecule has 4 heteroatoms. The number of hydrogen-bond acceptors (Lipinski definition) is 4. The van der Waals surface area contributed by atoms with Crippen molar-refractivity contribution in [2.75, 3.05) is 4.90 Å². The van der Waals surface area contributed by atoms with Crippen molar-refractivity contribution in [1.82, 2.24) is 0 Å². The number of para-hydroxylation sites is 1. The highest BCUT2D eigenvalue weighted by Crippen LogP contribution is 2.53. The number of anilines is 3. The molecular weight excluding hydrogens is 695 g/mol. The van der Waals surface area contributed by atoms with Crippen LogP contribution in [0.3, 0.4) is 0 Å². The van der Waals surface area contributed by atoms with E-state index >= 15 is 0 Å². The van der Waals surface area contributed by atoms with Crippen LogP contribution in [0.1, 0.15) is 23.6 Å². The van der Waals surface area contributed by atoms with Crippen molar-refractivity contribution in [3.63, 3.8) is 0 Å². The number of benzene rings is 8. The molecule has 1 aliphatic rings. The first-order valence-electron chi connectivity index (χ1n) is 18.4. The van der Waals surface area contributed by atoms with Crippen molar-refractivity contribution < 1.29 is 4.42 Å². The lowest BCUT2D eigenvalue weighted by Gasteiger charge is -2.28. The Morgan fingerprint density at radius 3 is 1.61 bits per heavy atom. The summed E-state index contributed by atoms with van der Waals surface area (Å²) in [4.78, 5) is 2.39. The van der Waals surface area contributed by atoms with Gasteiger partial charge in [0.25, 0.3) is 0 Å². The Kier molecular flexibility index (Phi) is 6.26. The number of nitrogens with zero attached hydrogens (tertiary/aromatic N) is 1. The molecule has 0 N–H and O–H groups in total. The van der Waals surface area contributed by atoms with Gasteiger partial charge in [-0.15, -0.1) is 22.7 Å². The molecule has 0 radical (unpaired) electrons. The van der Waals surface area contributed by atoms with Gasteiger partial charge in [0, 0.05) is 67.9 Å². The zero-order valence-electron chi connectivity index (χ0n) is 29.3. The monoisotopic (exact) mass is 725 g/mol. The van der Waals surface area contributed by atoms with Crippen molar-refractivity contribution in [2.45, 2.75) is 12.3 Å². The van der Waals surface area contributed by atoms with E-state index in [2.05, 4.69) is 182 Å². The van der Waals surface area contributed by atoms with Crippen molar-refractivity contribution in [1.29, 1.82) is 0 Å². The van der Waals surface area contributed by atoms with E-state index in [9.17, 15) is 0 Å². The third-order valence-electron chi connectivity index (χ3n) is 11.8. The van der Waals surface area contributed by atoms with Gasteiger partial charge < -0.3 is 9.32 Å². The summed E-state index contributed by atoms with van der Waals surface area (Å²) in [5.41, 5.74) is 11.3. The molecular formula is C50H31NOS2. The number of fused-ring (bicyclic) bond motifs is 12. The molecule has 1 aliphatic carbocycles. The molecule has 12 rings (SSSR count). The van der Waals surface area contributed by atoms with Gasteiger partial charge >= 0.3 is 0 Å². The smallest absolute Gasteiger partial charge is 0.159 e. The first-order chi connectivity index (χ1) is 26.6. The fourth-order valence-electron chi connectivity index (χ4n) is 9.17. The SMILES string of the molecule is CC1(c2ccc3oc4c(N(c5ccc6c(c5)sc5ccccc56)c5ccc6c(c5)sc5ccccc56)cccc4c3c2)c2ccccc2-c2ccccc21. The van der Waals surface area contributed by atoms with Crippen LogP contribution in [0.2, 0.25) is 0 Å². The molecule has 3 aromatic heterocycles. The normalized spacial score (nSPS) is 13.4. The summed E-state index contributed by atoms with van der Waals surface area (Å²) in [5, 5.41) is 7.43. The van der Waals surface area contributed by atoms with Crippen LogP contribution in [0.15, 0.2) is 174 Å². The lowest BCUT2D eigenvalue weighted by molar-refractivity contribution is 0.667. The van der Waals surface area contributed by atoms with E-state index in [0.29, 0.717) is 0 Å². The van der Waals surface area contributed by atoms with Crippen LogP contribution < -0.4 is 4.90 Å². The van der Waals surface area contributed by atoms with Gasteiger partial charge in [-0.2, -0.15) is 0 Å².